The van der Waals surface area contributed by atoms with E-state index in [0.29, 0.717) is 17.1 Å². The first-order chi connectivity index (χ1) is 17.7. The molecule has 1 atom stereocenters. The zero-order valence-corrected chi connectivity index (χ0v) is 21.7. The normalized spacial score (nSPS) is 16.9. The van der Waals surface area contributed by atoms with E-state index in [9.17, 15) is 22.8 Å². The molecule has 1 aliphatic rings. The number of anilines is 4. The molecule has 0 bridgehead atoms. The number of carbonyl (C=O) groups excluding carboxylic acids is 2. The fourth-order valence-corrected chi connectivity index (χ4v) is 4.20. The van der Waals surface area contributed by atoms with Crippen LogP contribution in [0.1, 0.15) is 42.3 Å². The third-order valence-corrected chi connectivity index (χ3v) is 6.39. The zero-order valence-electron chi connectivity index (χ0n) is 21.7. The summed E-state index contributed by atoms with van der Waals surface area (Å²) >= 11 is 0. The minimum absolute atomic E-state index is 0.0223. The Morgan fingerprint density at radius 2 is 1.42 bits per heavy atom. The largest absolute Gasteiger partial charge is 0.417 e. The van der Waals surface area contributed by atoms with Crippen molar-refractivity contribution in [2.45, 2.75) is 38.1 Å². The number of nitrogens with zero attached hydrogens (tertiary/aromatic N) is 1. The Hall–Kier alpha value is -4.05. The smallest absolute Gasteiger partial charge is 0.341 e. The van der Waals surface area contributed by atoms with Gasteiger partial charge in [0.05, 0.1) is 22.5 Å². The monoisotopic (exact) mass is 525 g/mol. The van der Waals surface area contributed by atoms with Crippen LogP contribution >= 0.6 is 0 Å². The summed E-state index contributed by atoms with van der Waals surface area (Å²) in [6.45, 7) is 6.32. The summed E-state index contributed by atoms with van der Waals surface area (Å²) in [4.78, 5) is 27.8. The zero-order chi connectivity index (χ0) is 27.9. The van der Waals surface area contributed by atoms with Gasteiger partial charge in [0.15, 0.2) is 0 Å². The van der Waals surface area contributed by atoms with Gasteiger partial charge in [-0.1, -0.05) is 45.0 Å². The number of rotatable bonds is 5. The topological polar surface area (TPSA) is 85.5 Å². The quantitative estimate of drug-likeness (QED) is 0.331. The van der Waals surface area contributed by atoms with Crippen LogP contribution in [0.4, 0.5) is 35.9 Å². The average molecular weight is 526 g/mol. The third kappa shape index (κ3) is 5.31. The molecular weight excluding hydrogens is 495 g/mol. The fraction of sp³-hybridized carbons (Fsp3) is 0.286. The molecule has 0 saturated carbocycles. The second-order valence-corrected chi connectivity index (χ2v) is 10.4. The maximum atomic E-state index is 13.5. The number of halogens is 3. The molecule has 1 aliphatic heterocycles. The van der Waals surface area contributed by atoms with Gasteiger partial charge < -0.3 is 21.3 Å². The van der Waals surface area contributed by atoms with E-state index in [0.717, 1.165) is 17.7 Å². The molecule has 0 fully saturated rings. The predicted molar refractivity (Wildman–Crippen MR) is 143 cm³/mol. The minimum atomic E-state index is -4.66. The number of fused-ring (bicyclic) bond motifs is 1. The maximum Gasteiger partial charge on any atom is 0.417 e. The predicted octanol–water partition coefficient (Wildman–Crippen LogP) is 5.95. The van der Waals surface area contributed by atoms with Crippen molar-refractivity contribution in [3.63, 3.8) is 0 Å². The Morgan fingerprint density at radius 3 is 2.03 bits per heavy atom. The molecule has 10 heteroatoms. The van der Waals surface area contributed by atoms with Crippen LogP contribution in [0.15, 0.2) is 66.7 Å². The highest BCUT2D eigenvalue weighted by Gasteiger charge is 2.46. The van der Waals surface area contributed by atoms with Gasteiger partial charge in [0, 0.05) is 11.4 Å². The Morgan fingerprint density at radius 1 is 0.816 bits per heavy atom. The fourth-order valence-electron chi connectivity index (χ4n) is 4.20. The van der Waals surface area contributed by atoms with E-state index in [2.05, 4.69) is 42.0 Å². The molecule has 200 valence electrons. The average Bonchev–Trinajstić information content (AvgIpc) is 3.24. The Kier molecular flexibility index (Phi) is 6.88. The second-order valence-electron chi connectivity index (χ2n) is 10.4. The highest BCUT2D eigenvalue weighted by atomic mass is 19.4. The van der Waals surface area contributed by atoms with E-state index in [1.54, 1.807) is 37.2 Å². The van der Waals surface area contributed by atoms with Crippen molar-refractivity contribution < 1.29 is 22.8 Å². The molecular formula is C28H30F3N5O2. The van der Waals surface area contributed by atoms with Gasteiger partial charge in [-0.05, 0) is 67.5 Å². The Bertz CT molecular complexity index is 1360. The van der Waals surface area contributed by atoms with Gasteiger partial charge in [-0.2, -0.15) is 13.2 Å². The molecule has 3 aromatic rings. The summed E-state index contributed by atoms with van der Waals surface area (Å²) in [6, 6.07) is 17.0. The maximum absolute atomic E-state index is 13.5. The SMILES string of the molecule is CN(C)C1(C(=O)Nc2ccc(C(C)(C)C)cc2)Nc2ccc(NC(=O)c3ccccc3C(F)(F)F)cc2N1. The van der Waals surface area contributed by atoms with Crippen molar-refractivity contribution in [2.75, 3.05) is 35.4 Å². The molecule has 38 heavy (non-hydrogen) atoms. The molecule has 0 aliphatic carbocycles. The van der Waals surface area contributed by atoms with Gasteiger partial charge in [-0.25, -0.2) is 0 Å². The first-order valence-corrected chi connectivity index (χ1v) is 12.0. The lowest BCUT2D eigenvalue weighted by Crippen LogP contribution is -2.62. The third-order valence-electron chi connectivity index (χ3n) is 6.39. The Labute approximate surface area is 219 Å². The number of nitrogens with one attached hydrogen (secondary N) is 4. The van der Waals surface area contributed by atoms with Crippen LogP contribution in [0.3, 0.4) is 0 Å². The molecule has 4 N–H and O–H groups in total. The van der Waals surface area contributed by atoms with Crippen molar-refractivity contribution in [3.8, 4) is 0 Å². The lowest BCUT2D eigenvalue weighted by atomic mass is 9.87. The molecule has 0 aromatic heterocycles. The summed E-state index contributed by atoms with van der Waals surface area (Å²) in [5.41, 5.74) is 1.60. The number of alkyl halides is 3. The van der Waals surface area contributed by atoms with Crippen molar-refractivity contribution in [3.05, 3.63) is 83.4 Å². The Balaban J connectivity index is 1.53. The van der Waals surface area contributed by atoms with E-state index in [4.69, 9.17) is 0 Å². The number of likely N-dealkylation sites (N-methyl/N-ethyl adjacent to an activating group) is 1. The summed E-state index contributed by atoms with van der Waals surface area (Å²) in [7, 11) is 3.45. The van der Waals surface area contributed by atoms with E-state index in [1.807, 2.05) is 24.3 Å². The van der Waals surface area contributed by atoms with E-state index in [-0.39, 0.29) is 17.0 Å². The van der Waals surface area contributed by atoms with Gasteiger partial charge in [0.1, 0.15) is 0 Å². The molecule has 0 saturated heterocycles. The molecule has 7 nitrogen and oxygen atoms in total. The van der Waals surface area contributed by atoms with E-state index < -0.39 is 29.0 Å². The standard InChI is InChI=1S/C28H30F3N5O2/c1-26(2,3)17-10-12-18(13-11-17)33-25(38)28(36(4)5)34-22-15-14-19(16-23(22)35-28)32-24(37)20-8-6-7-9-21(20)27(29,30)31/h6-16,34-35H,1-5H3,(H,32,37)(H,33,38). The van der Waals surface area contributed by atoms with Crippen LogP contribution in [0.2, 0.25) is 0 Å². The molecule has 2 amide bonds. The highest BCUT2D eigenvalue weighted by Crippen LogP contribution is 2.38. The van der Waals surface area contributed by atoms with Crippen LogP contribution in [-0.2, 0) is 16.4 Å². The lowest BCUT2D eigenvalue weighted by Gasteiger charge is -2.35. The summed E-state index contributed by atoms with van der Waals surface area (Å²) in [5, 5.41) is 11.8. The lowest BCUT2D eigenvalue weighted by molar-refractivity contribution is -0.137. The van der Waals surface area contributed by atoms with Crippen LogP contribution in [0, 0.1) is 0 Å². The number of hydrogen-bond donors (Lipinski definition) is 4. The van der Waals surface area contributed by atoms with Crippen LogP contribution in [0.25, 0.3) is 0 Å². The van der Waals surface area contributed by atoms with Crippen LogP contribution < -0.4 is 21.3 Å². The first kappa shape index (κ1) is 27.0. The molecule has 0 spiro atoms. The number of carbonyl (C=O) groups is 2. The van der Waals surface area contributed by atoms with Crippen molar-refractivity contribution in [1.82, 2.24) is 4.90 Å². The molecule has 0 radical (unpaired) electrons. The minimum Gasteiger partial charge on any atom is -0.341 e. The number of benzene rings is 3. The highest BCUT2D eigenvalue weighted by molar-refractivity contribution is 6.07. The van der Waals surface area contributed by atoms with Crippen LogP contribution in [-0.4, -0.2) is 36.6 Å². The molecule has 4 rings (SSSR count). The van der Waals surface area contributed by atoms with Gasteiger partial charge in [-0.15, -0.1) is 0 Å². The number of hydrogen-bond acceptors (Lipinski definition) is 5. The van der Waals surface area contributed by atoms with Gasteiger partial charge in [0.25, 0.3) is 11.8 Å². The summed E-state index contributed by atoms with van der Waals surface area (Å²) in [5.74, 6) is -2.61. The summed E-state index contributed by atoms with van der Waals surface area (Å²) in [6.07, 6.45) is -4.66. The molecule has 1 unspecified atom stereocenters. The van der Waals surface area contributed by atoms with E-state index in [1.165, 1.54) is 12.1 Å². The van der Waals surface area contributed by atoms with Crippen molar-refractivity contribution in [1.29, 1.82) is 0 Å². The van der Waals surface area contributed by atoms with Crippen LogP contribution in [0.5, 0.6) is 0 Å². The summed E-state index contributed by atoms with van der Waals surface area (Å²) < 4.78 is 40.1. The van der Waals surface area contributed by atoms with Gasteiger partial charge in [0.2, 0.25) is 5.79 Å². The first-order valence-electron chi connectivity index (χ1n) is 12.0. The van der Waals surface area contributed by atoms with E-state index >= 15 is 0 Å². The second kappa shape index (κ2) is 9.68. The van der Waals surface area contributed by atoms with Crippen molar-refractivity contribution in [2.24, 2.45) is 0 Å². The van der Waals surface area contributed by atoms with Crippen molar-refractivity contribution >= 4 is 34.6 Å². The molecule has 3 aromatic carbocycles. The van der Waals surface area contributed by atoms with Gasteiger partial charge in [-0.3, -0.25) is 14.5 Å². The number of amides is 2. The van der Waals surface area contributed by atoms with Gasteiger partial charge >= 0.3 is 6.18 Å². The molecule has 1 heterocycles.